The standard InChI is InChI=1S/C23H27FN4O/c1-15-8-22-17(12-26-28(22)19-4-2-18(24)3-5-19)11-21(15)23-13-25-6-7-27(23)14-16-9-20(29)10-16/h2-5,8,11-12,16,20,23,25,29H,6-7,9-10,13-14H2,1H3/t16?,20?,23-/m1/s1. The monoisotopic (exact) mass is 394 g/mol. The second kappa shape index (κ2) is 7.52. The van der Waals surface area contributed by atoms with Crippen molar-refractivity contribution in [2.24, 2.45) is 5.92 Å². The lowest BCUT2D eigenvalue weighted by Gasteiger charge is -2.42. The maximum atomic E-state index is 13.3. The van der Waals surface area contributed by atoms with Gasteiger partial charge in [-0.3, -0.25) is 4.90 Å². The van der Waals surface area contributed by atoms with Crippen molar-refractivity contribution in [1.29, 1.82) is 0 Å². The largest absolute Gasteiger partial charge is 0.393 e. The lowest BCUT2D eigenvalue weighted by molar-refractivity contribution is 0.0122. The van der Waals surface area contributed by atoms with Gasteiger partial charge in [-0.2, -0.15) is 5.10 Å². The quantitative estimate of drug-likeness (QED) is 0.714. The van der Waals surface area contributed by atoms with Gasteiger partial charge < -0.3 is 10.4 Å². The predicted octanol–water partition coefficient (Wildman–Crippen LogP) is 3.19. The highest BCUT2D eigenvalue weighted by Crippen LogP contribution is 2.34. The zero-order valence-corrected chi connectivity index (χ0v) is 16.7. The molecule has 3 aromatic rings. The van der Waals surface area contributed by atoms with Crippen LogP contribution in [0.5, 0.6) is 0 Å². The fraction of sp³-hybridized carbons (Fsp3) is 0.435. The summed E-state index contributed by atoms with van der Waals surface area (Å²) < 4.78 is 15.2. The van der Waals surface area contributed by atoms with Gasteiger partial charge >= 0.3 is 0 Å². The third-order valence-electron chi connectivity index (χ3n) is 6.44. The molecule has 2 aliphatic rings. The first-order chi connectivity index (χ1) is 14.1. The Morgan fingerprint density at radius 1 is 1.21 bits per heavy atom. The van der Waals surface area contributed by atoms with E-state index in [2.05, 4.69) is 34.4 Å². The number of aliphatic hydroxyl groups is 1. The summed E-state index contributed by atoms with van der Waals surface area (Å²) in [5, 5.41) is 18.8. The van der Waals surface area contributed by atoms with Crippen LogP contribution in [0.2, 0.25) is 0 Å². The molecule has 5 rings (SSSR count). The first-order valence-electron chi connectivity index (χ1n) is 10.5. The van der Waals surface area contributed by atoms with Crippen molar-refractivity contribution in [2.75, 3.05) is 26.2 Å². The second-order valence-electron chi connectivity index (χ2n) is 8.51. The smallest absolute Gasteiger partial charge is 0.123 e. The summed E-state index contributed by atoms with van der Waals surface area (Å²) in [6, 6.07) is 11.2. The van der Waals surface area contributed by atoms with E-state index in [0.717, 1.165) is 55.6 Å². The Labute approximate surface area is 170 Å². The molecule has 0 spiro atoms. The number of nitrogens with one attached hydrogen (secondary N) is 1. The predicted molar refractivity (Wildman–Crippen MR) is 112 cm³/mol. The molecule has 6 heteroatoms. The molecule has 0 unspecified atom stereocenters. The van der Waals surface area contributed by atoms with Crippen LogP contribution in [-0.4, -0.2) is 52.1 Å². The van der Waals surface area contributed by atoms with Crippen molar-refractivity contribution in [3.63, 3.8) is 0 Å². The van der Waals surface area contributed by atoms with Crippen molar-refractivity contribution in [2.45, 2.75) is 31.9 Å². The van der Waals surface area contributed by atoms with Gasteiger partial charge in [-0.05, 0) is 73.2 Å². The summed E-state index contributed by atoms with van der Waals surface area (Å²) in [6.45, 7) is 6.19. The van der Waals surface area contributed by atoms with Crippen molar-refractivity contribution < 1.29 is 9.50 Å². The number of aryl methyl sites for hydroxylation is 1. The molecule has 5 nitrogen and oxygen atoms in total. The summed E-state index contributed by atoms with van der Waals surface area (Å²) in [5.74, 6) is 0.364. The molecule has 1 saturated carbocycles. The van der Waals surface area contributed by atoms with E-state index in [9.17, 15) is 9.50 Å². The van der Waals surface area contributed by atoms with Crippen LogP contribution in [0.3, 0.4) is 0 Å². The van der Waals surface area contributed by atoms with Crippen LogP contribution < -0.4 is 5.32 Å². The number of benzene rings is 2. The van der Waals surface area contributed by atoms with Crippen LogP contribution >= 0.6 is 0 Å². The van der Waals surface area contributed by atoms with E-state index in [4.69, 9.17) is 0 Å². The maximum absolute atomic E-state index is 13.3. The molecule has 2 N–H and O–H groups in total. The topological polar surface area (TPSA) is 53.3 Å². The molecule has 1 aliphatic carbocycles. The van der Waals surface area contributed by atoms with E-state index in [1.54, 1.807) is 12.1 Å². The van der Waals surface area contributed by atoms with E-state index < -0.39 is 0 Å². The van der Waals surface area contributed by atoms with Crippen LogP contribution in [0.15, 0.2) is 42.6 Å². The van der Waals surface area contributed by atoms with Crippen molar-refractivity contribution in [1.82, 2.24) is 20.0 Å². The summed E-state index contributed by atoms with van der Waals surface area (Å²) in [5.41, 5.74) is 4.48. The Kier molecular flexibility index (Phi) is 4.86. The Hall–Kier alpha value is -2.28. The van der Waals surface area contributed by atoms with Crippen LogP contribution in [0.4, 0.5) is 4.39 Å². The number of aromatic nitrogens is 2. The SMILES string of the molecule is Cc1cc2c(cnn2-c2ccc(F)cc2)cc1[C@H]1CNCCN1CC1CC(O)C1. The number of piperazine rings is 1. The van der Waals surface area contributed by atoms with Crippen LogP contribution in [-0.2, 0) is 0 Å². The van der Waals surface area contributed by atoms with Gasteiger partial charge in [-0.25, -0.2) is 9.07 Å². The second-order valence-corrected chi connectivity index (χ2v) is 8.51. The molecule has 29 heavy (non-hydrogen) atoms. The van der Waals surface area contributed by atoms with Crippen molar-refractivity contribution in [3.8, 4) is 5.69 Å². The van der Waals surface area contributed by atoms with Crippen molar-refractivity contribution >= 4 is 10.9 Å². The molecule has 2 heterocycles. The lowest BCUT2D eigenvalue weighted by atomic mass is 9.81. The molecule has 2 fully saturated rings. The summed E-state index contributed by atoms with van der Waals surface area (Å²) in [7, 11) is 0. The molecule has 2 aromatic carbocycles. The Balaban J connectivity index is 1.46. The highest BCUT2D eigenvalue weighted by molar-refractivity contribution is 5.82. The first-order valence-corrected chi connectivity index (χ1v) is 10.5. The van der Waals surface area contributed by atoms with E-state index in [1.807, 2.05) is 10.9 Å². The molecular formula is C23H27FN4O. The molecule has 0 bridgehead atoms. The molecule has 1 saturated heterocycles. The number of hydrogen-bond donors (Lipinski definition) is 2. The third-order valence-corrected chi connectivity index (χ3v) is 6.44. The zero-order chi connectivity index (χ0) is 20.0. The number of hydrogen-bond acceptors (Lipinski definition) is 4. The first kappa shape index (κ1) is 18.7. The zero-order valence-electron chi connectivity index (χ0n) is 16.7. The highest BCUT2D eigenvalue weighted by atomic mass is 19.1. The van der Waals surface area contributed by atoms with Crippen LogP contribution in [0.25, 0.3) is 16.6 Å². The minimum Gasteiger partial charge on any atom is -0.393 e. The molecule has 1 aliphatic heterocycles. The van der Waals surface area contributed by atoms with E-state index in [-0.39, 0.29) is 11.9 Å². The van der Waals surface area contributed by atoms with Gasteiger partial charge in [-0.1, -0.05) is 0 Å². The molecule has 152 valence electrons. The summed E-state index contributed by atoms with van der Waals surface area (Å²) in [6.07, 6.45) is 3.65. The van der Waals surface area contributed by atoms with E-state index in [0.29, 0.717) is 12.0 Å². The van der Waals surface area contributed by atoms with Gasteiger partial charge in [0.25, 0.3) is 0 Å². The Morgan fingerprint density at radius 3 is 2.76 bits per heavy atom. The Bertz CT molecular complexity index is 1010. The number of fused-ring (bicyclic) bond motifs is 1. The number of aliphatic hydroxyl groups excluding tert-OH is 1. The molecule has 1 atom stereocenters. The van der Waals surface area contributed by atoms with Gasteiger partial charge in [0.15, 0.2) is 0 Å². The van der Waals surface area contributed by atoms with Gasteiger partial charge in [0.1, 0.15) is 5.82 Å². The minimum absolute atomic E-state index is 0.100. The molecule has 0 radical (unpaired) electrons. The normalized spacial score (nSPS) is 25.3. The number of nitrogens with zero attached hydrogens (tertiary/aromatic N) is 3. The average Bonchev–Trinajstić information content (AvgIpc) is 3.10. The lowest BCUT2D eigenvalue weighted by Crippen LogP contribution is -2.49. The van der Waals surface area contributed by atoms with Crippen molar-refractivity contribution in [3.05, 3.63) is 59.5 Å². The minimum atomic E-state index is -0.243. The maximum Gasteiger partial charge on any atom is 0.123 e. The fourth-order valence-corrected chi connectivity index (χ4v) is 4.80. The van der Waals surface area contributed by atoms with Gasteiger partial charge in [0, 0.05) is 37.6 Å². The Morgan fingerprint density at radius 2 is 2.00 bits per heavy atom. The van der Waals surface area contributed by atoms with Gasteiger partial charge in [-0.15, -0.1) is 0 Å². The summed E-state index contributed by atoms with van der Waals surface area (Å²) >= 11 is 0. The van der Waals surface area contributed by atoms with E-state index >= 15 is 0 Å². The number of halogens is 1. The summed E-state index contributed by atoms with van der Waals surface area (Å²) in [4.78, 5) is 2.58. The third kappa shape index (κ3) is 3.56. The fourth-order valence-electron chi connectivity index (χ4n) is 4.80. The average molecular weight is 394 g/mol. The molecule has 0 amide bonds. The van der Waals surface area contributed by atoms with E-state index in [1.165, 1.54) is 23.3 Å². The van der Waals surface area contributed by atoms with Gasteiger partial charge in [0.2, 0.25) is 0 Å². The highest BCUT2D eigenvalue weighted by Gasteiger charge is 2.33. The van der Waals surface area contributed by atoms with Gasteiger partial charge in [0.05, 0.1) is 23.5 Å². The van der Waals surface area contributed by atoms with Crippen LogP contribution in [0.1, 0.15) is 30.0 Å². The molecule has 1 aromatic heterocycles. The van der Waals surface area contributed by atoms with Crippen LogP contribution in [0, 0.1) is 18.7 Å². The number of rotatable bonds is 4. The molecular weight excluding hydrogens is 367 g/mol.